The van der Waals surface area contributed by atoms with Gasteiger partial charge in [-0.3, -0.25) is 9.78 Å². The van der Waals surface area contributed by atoms with Crippen LogP contribution in [-0.2, 0) is 6.18 Å². The Bertz CT molecular complexity index is 764. The van der Waals surface area contributed by atoms with E-state index in [-0.39, 0.29) is 10.3 Å². The third-order valence-electron chi connectivity index (χ3n) is 2.30. The van der Waals surface area contributed by atoms with Gasteiger partial charge >= 0.3 is 11.9 Å². The van der Waals surface area contributed by atoms with Gasteiger partial charge in [-0.15, -0.1) is 0 Å². The first-order valence-corrected chi connectivity index (χ1v) is 5.33. The Kier molecular flexibility index (Phi) is 3.38. The molecule has 0 aliphatic heterocycles. The summed E-state index contributed by atoms with van der Waals surface area (Å²) in [6.07, 6.45) is -4.03. The largest absolute Gasteiger partial charge is 0.433 e. The van der Waals surface area contributed by atoms with Crippen LogP contribution in [0, 0.1) is 5.82 Å². The Hall–Kier alpha value is -2.16. The molecule has 0 saturated carbocycles. The predicted molar refractivity (Wildman–Crippen MR) is 60.4 cm³/mol. The molecule has 106 valence electrons. The van der Waals surface area contributed by atoms with Crippen molar-refractivity contribution >= 4 is 11.6 Å². The predicted octanol–water partition coefficient (Wildman–Crippen LogP) is 1.73. The van der Waals surface area contributed by atoms with Crippen molar-refractivity contribution in [2.24, 2.45) is 0 Å². The van der Waals surface area contributed by atoms with Crippen molar-refractivity contribution < 1.29 is 17.6 Å². The van der Waals surface area contributed by atoms with Crippen LogP contribution in [0.2, 0.25) is 5.15 Å². The van der Waals surface area contributed by atoms with Gasteiger partial charge in [0.2, 0.25) is 5.82 Å². The molecule has 0 fully saturated rings. The summed E-state index contributed by atoms with van der Waals surface area (Å²) < 4.78 is 50.5. The molecule has 0 atom stereocenters. The second kappa shape index (κ2) is 4.75. The molecule has 1 N–H and O–H groups in total. The number of pyridine rings is 1. The summed E-state index contributed by atoms with van der Waals surface area (Å²) in [7, 11) is 0. The first-order chi connectivity index (χ1) is 9.21. The fraction of sp³-hybridized carbons (Fsp3) is 0.100. The summed E-state index contributed by atoms with van der Waals surface area (Å²) in [6.45, 7) is 0. The highest BCUT2D eigenvalue weighted by Crippen LogP contribution is 2.27. The normalized spacial score (nSPS) is 11.7. The number of aromatic amines is 1. The lowest BCUT2D eigenvalue weighted by Crippen LogP contribution is -2.35. The van der Waals surface area contributed by atoms with E-state index in [9.17, 15) is 27.2 Å². The molecule has 0 saturated heterocycles. The summed E-state index contributed by atoms with van der Waals surface area (Å²) >= 11 is 5.26. The minimum absolute atomic E-state index is 0.286. The van der Waals surface area contributed by atoms with Gasteiger partial charge in [-0.05, 0) is 12.1 Å². The molecule has 0 bridgehead atoms. The van der Waals surface area contributed by atoms with Crippen LogP contribution in [0.3, 0.4) is 0 Å². The van der Waals surface area contributed by atoms with Crippen molar-refractivity contribution in [1.82, 2.24) is 14.5 Å². The van der Waals surface area contributed by atoms with Gasteiger partial charge in [-0.2, -0.15) is 17.6 Å². The SMILES string of the molecule is O=c1[nH]c(Cl)c(F)c(=O)n1-c1ccc(C(F)(F)F)nc1. The van der Waals surface area contributed by atoms with Crippen LogP contribution in [0.15, 0.2) is 27.9 Å². The van der Waals surface area contributed by atoms with Crippen molar-refractivity contribution in [1.29, 1.82) is 0 Å². The molecule has 2 heterocycles. The van der Waals surface area contributed by atoms with Crippen LogP contribution in [0.4, 0.5) is 17.6 Å². The number of hydrogen-bond acceptors (Lipinski definition) is 3. The Labute approximate surface area is 112 Å². The number of aromatic nitrogens is 3. The molecule has 0 radical (unpaired) electrons. The minimum atomic E-state index is -4.67. The van der Waals surface area contributed by atoms with E-state index in [0.717, 1.165) is 6.07 Å². The van der Waals surface area contributed by atoms with Gasteiger partial charge in [-0.1, -0.05) is 11.6 Å². The van der Waals surface area contributed by atoms with Crippen molar-refractivity contribution in [2.75, 3.05) is 0 Å². The molecule has 2 aromatic rings. The van der Waals surface area contributed by atoms with Gasteiger partial charge in [-0.25, -0.2) is 14.3 Å². The first kappa shape index (κ1) is 14.3. The zero-order valence-electron chi connectivity index (χ0n) is 9.33. The highest BCUT2D eigenvalue weighted by Gasteiger charge is 2.32. The highest BCUT2D eigenvalue weighted by atomic mass is 35.5. The van der Waals surface area contributed by atoms with E-state index in [0.29, 0.717) is 12.3 Å². The highest BCUT2D eigenvalue weighted by molar-refractivity contribution is 6.29. The molecule has 0 unspecified atom stereocenters. The molecule has 2 aromatic heterocycles. The van der Waals surface area contributed by atoms with Crippen molar-refractivity contribution in [2.45, 2.75) is 6.18 Å². The average Bonchev–Trinajstić information content (AvgIpc) is 2.36. The lowest BCUT2D eigenvalue weighted by Gasteiger charge is -2.08. The standard InChI is InChI=1S/C10H4ClF4N3O2/c11-7-6(12)8(19)18(9(20)17-7)4-1-2-5(16-3-4)10(13,14)15/h1-3H,(H,17,20). The van der Waals surface area contributed by atoms with Crippen LogP contribution >= 0.6 is 11.6 Å². The molecule has 20 heavy (non-hydrogen) atoms. The smallest absolute Gasteiger partial charge is 0.295 e. The maximum atomic E-state index is 13.3. The van der Waals surface area contributed by atoms with Gasteiger partial charge in [0.05, 0.1) is 11.9 Å². The quantitative estimate of drug-likeness (QED) is 0.644. The van der Waals surface area contributed by atoms with E-state index in [1.807, 2.05) is 4.98 Å². The number of nitrogens with one attached hydrogen (secondary N) is 1. The topological polar surface area (TPSA) is 67.8 Å². The molecule has 0 aromatic carbocycles. The van der Waals surface area contributed by atoms with Crippen molar-refractivity contribution in [3.8, 4) is 5.69 Å². The van der Waals surface area contributed by atoms with Crippen LogP contribution in [0.1, 0.15) is 5.69 Å². The van der Waals surface area contributed by atoms with E-state index in [2.05, 4.69) is 4.98 Å². The molecule has 0 amide bonds. The maximum Gasteiger partial charge on any atom is 0.433 e. The third-order valence-corrected chi connectivity index (χ3v) is 2.56. The number of alkyl halides is 3. The Morgan fingerprint density at radius 2 is 1.90 bits per heavy atom. The van der Waals surface area contributed by atoms with Gasteiger partial charge in [0.1, 0.15) is 5.69 Å². The lowest BCUT2D eigenvalue weighted by molar-refractivity contribution is -0.141. The van der Waals surface area contributed by atoms with Crippen LogP contribution in [-0.4, -0.2) is 14.5 Å². The molecule has 2 rings (SSSR count). The number of nitrogens with zero attached hydrogens (tertiary/aromatic N) is 2. The molecule has 0 aliphatic carbocycles. The summed E-state index contributed by atoms with van der Waals surface area (Å²) in [6, 6.07) is 1.38. The number of halogens is 5. The van der Waals surface area contributed by atoms with Crippen LogP contribution in [0.25, 0.3) is 5.69 Å². The van der Waals surface area contributed by atoms with Crippen LogP contribution < -0.4 is 11.2 Å². The van der Waals surface area contributed by atoms with Crippen molar-refractivity contribution in [3.63, 3.8) is 0 Å². The summed E-state index contributed by atoms with van der Waals surface area (Å²) in [5, 5.41) is -0.781. The molecule has 5 nitrogen and oxygen atoms in total. The van der Waals surface area contributed by atoms with E-state index in [4.69, 9.17) is 11.6 Å². The number of rotatable bonds is 1. The molecular formula is C10H4ClF4N3O2. The minimum Gasteiger partial charge on any atom is -0.295 e. The summed E-state index contributed by atoms with van der Waals surface area (Å²) in [5.41, 5.74) is -4.01. The Morgan fingerprint density at radius 3 is 2.40 bits per heavy atom. The molecule has 0 aliphatic rings. The second-order valence-electron chi connectivity index (χ2n) is 3.60. The van der Waals surface area contributed by atoms with Crippen LogP contribution in [0.5, 0.6) is 0 Å². The monoisotopic (exact) mass is 309 g/mol. The molecule has 0 spiro atoms. The second-order valence-corrected chi connectivity index (χ2v) is 3.98. The average molecular weight is 310 g/mol. The van der Waals surface area contributed by atoms with Gasteiger partial charge in [0.25, 0.3) is 5.56 Å². The summed E-state index contributed by atoms with van der Waals surface area (Å²) in [4.78, 5) is 27.9. The number of H-pyrrole nitrogens is 1. The molecule has 10 heteroatoms. The summed E-state index contributed by atoms with van der Waals surface area (Å²) in [5.74, 6) is -1.42. The Morgan fingerprint density at radius 1 is 1.25 bits per heavy atom. The lowest BCUT2D eigenvalue weighted by atomic mass is 10.3. The van der Waals surface area contributed by atoms with E-state index < -0.39 is 34.1 Å². The van der Waals surface area contributed by atoms with E-state index in [1.54, 1.807) is 0 Å². The van der Waals surface area contributed by atoms with Crippen molar-refractivity contribution in [3.05, 3.63) is 55.8 Å². The van der Waals surface area contributed by atoms with E-state index in [1.165, 1.54) is 0 Å². The maximum absolute atomic E-state index is 13.3. The number of hydrogen-bond donors (Lipinski definition) is 1. The molecular weight excluding hydrogens is 306 g/mol. The zero-order chi connectivity index (χ0) is 15.1. The van der Waals surface area contributed by atoms with Gasteiger partial charge in [0.15, 0.2) is 5.15 Å². The zero-order valence-corrected chi connectivity index (χ0v) is 10.1. The van der Waals surface area contributed by atoms with Gasteiger partial charge in [0, 0.05) is 0 Å². The Balaban J connectivity index is 2.62. The first-order valence-electron chi connectivity index (χ1n) is 4.96. The fourth-order valence-electron chi connectivity index (χ4n) is 1.41. The third kappa shape index (κ3) is 2.44. The van der Waals surface area contributed by atoms with Gasteiger partial charge < -0.3 is 0 Å². The van der Waals surface area contributed by atoms with E-state index >= 15 is 0 Å². The fourth-order valence-corrected chi connectivity index (χ4v) is 1.57.